The Labute approximate surface area is 84.7 Å². The molecule has 0 bridgehead atoms. The van der Waals surface area contributed by atoms with Crippen molar-refractivity contribution in [2.75, 3.05) is 6.26 Å². The highest BCUT2D eigenvalue weighted by atomic mass is 79.9. The van der Waals surface area contributed by atoms with Gasteiger partial charge in [0.2, 0.25) is 0 Å². The lowest BCUT2D eigenvalue weighted by molar-refractivity contribution is 0.273. The van der Waals surface area contributed by atoms with Gasteiger partial charge in [-0.05, 0) is 22.0 Å². The Morgan fingerprint density at radius 3 is 2.69 bits per heavy atom. The number of aliphatic hydroxyl groups is 1. The van der Waals surface area contributed by atoms with Gasteiger partial charge in [-0.15, -0.1) is 0 Å². The van der Waals surface area contributed by atoms with Gasteiger partial charge in [0.25, 0.3) is 0 Å². The molecule has 0 aromatic carbocycles. The van der Waals surface area contributed by atoms with Crippen molar-refractivity contribution in [3.63, 3.8) is 0 Å². The predicted molar refractivity (Wildman–Crippen MR) is 51.0 cm³/mol. The molecule has 0 aliphatic heterocycles. The summed E-state index contributed by atoms with van der Waals surface area (Å²) >= 11 is 3.11. The number of hydrogen-bond acceptors (Lipinski definition) is 4. The summed E-state index contributed by atoms with van der Waals surface area (Å²) in [5.41, 5.74) is 0.172. The Morgan fingerprint density at radius 1 is 1.62 bits per heavy atom. The molecule has 0 amide bonds. The van der Waals surface area contributed by atoms with Crippen LogP contribution in [0.5, 0.6) is 0 Å². The molecule has 6 heteroatoms. The molecule has 0 atom stereocenters. The van der Waals surface area contributed by atoms with Crippen molar-refractivity contribution in [3.05, 3.63) is 22.4 Å². The van der Waals surface area contributed by atoms with Crippen molar-refractivity contribution >= 4 is 25.8 Å². The molecular formula is C7H8BrNO3S. The van der Waals surface area contributed by atoms with E-state index in [2.05, 4.69) is 20.9 Å². The second kappa shape index (κ2) is 3.73. The molecule has 4 nitrogen and oxygen atoms in total. The van der Waals surface area contributed by atoms with E-state index in [9.17, 15) is 8.42 Å². The van der Waals surface area contributed by atoms with Gasteiger partial charge in [0.1, 0.15) is 0 Å². The number of aliphatic hydroxyl groups excluding tert-OH is 1. The summed E-state index contributed by atoms with van der Waals surface area (Å²) in [5.74, 6) is 0. The number of rotatable bonds is 2. The van der Waals surface area contributed by atoms with Gasteiger partial charge < -0.3 is 5.11 Å². The molecule has 1 N–H and O–H groups in total. The van der Waals surface area contributed by atoms with E-state index in [1.54, 1.807) is 0 Å². The topological polar surface area (TPSA) is 67.3 Å². The summed E-state index contributed by atoms with van der Waals surface area (Å²) < 4.78 is 23.0. The highest BCUT2D eigenvalue weighted by Gasteiger charge is 2.13. The molecule has 0 saturated carbocycles. The van der Waals surface area contributed by atoms with Crippen LogP contribution in [0.25, 0.3) is 0 Å². The van der Waals surface area contributed by atoms with Crippen LogP contribution >= 0.6 is 15.9 Å². The van der Waals surface area contributed by atoms with E-state index in [0.29, 0.717) is 4.47 Å². The van der Waals surface area contributed by atoms with E-state index < -0.39 is 9.84 Å². The Bertz CT molecular complexity index is 416. The molecule has 13 heavy (non-hydrogen) atoms. The lowest BCUT2D eigenvalue weighted by Crippen LogP contribution is -2.04. The Balaban J connectivity index is 3.41. The van der Waals surface area contributed by atoms with E-state index >= 15 is 0 Å². The molecule has 0 saturated heterocycles. The summed E-state index contributed by atoms with van der Waals surface area (Å²) in [6, 6.07) is 1.42. The fraction of sp³-hybridized carbons (Fsp3) is 0.286. The Hall–Kier alpha value is -0.460. The van der Waals surface area contributed by atoms with Crippen LogP contribution in [0.3, 0.4) is 0 Å². The molecule has 0 aliphatic rings. The molecule has 1 aromatic rings. The maximum absolute atomic E-state index is 11.2. The van der Waals surface area contributed by atoms with Gasteiger partial charge >= 0.3 is 0 Å². The molecule has 0 radical (unpaired) electrons. The number of sulfone groups is 1. The largest absolute Gasteiger partial charge is 0.390 e. The van der Waals surface area contributed by atoms with Crippen LogP contribution in [0.1, 0.15) is 5.69 Å². The minimum Gasteiger partial charge on any atom is -0.390 e. The normalized spacial score (nSPS) is 11.6. The first-order valence-electron chi connectivity index (χ1n) is 3.40. The average molecular weight is 266 g/mol. The zero-order chi connectivity index (χ0) is 10.1. The van der Waals surface area contributed by atoms with E-state index in [1.807, 2.05) is 0 Å². The lowest BCUT2D eigenvalue weighted by atomic mass is 10.4. The maximum Gasteiger partial charge on any atom is 0.177 e. The van der Waals surface area contributed by atoms with Gasteiger partial charge in [-0.2, -0.15) is 0 Å². The Kier molecular flexibility index (Phi) is 3.05. The van der Waals surface area contributed by atoms with Crippen LogP contribution in [0, 0.1) is 0 Å². The molecule has 72 valence electrons. The molecule has 1 rings (SSSR count). The van der Waals surface area contributed by atoms with Crippen molar-refractivity contribution in [3.8, 4) is 0 Å². The van der Waals surface area contributed by atoms with Crippen molar-refractivity contribution < 1.29 is 13.5 Å². The molecule has 0 fully saturated rings. The van der Waals surface area contributed by atoms with Crippen molar-refractivity contribution in [1.29, 1.82) is 0 Å². The SMILES string of the molecule is CS(=O)(=O)c1cc(Br)cnc1CO. The summed E-state index contributed by atoms with van der Waals surface area (Å²) in [7, 11) is -3.32. The van der Waals surface area contributed by atoms with Crippen LogP contribution in [0.15, 0.2) is 21.6 Å². The number of halogens is 1. The highest BCUT2D eigenvalue weighted by Crippen LogP contribution is 2.18. The smallest absolute Gasteiger partial charge is 0.177 e. The van der Waals surface area contributed by atoms with Gasteiger partial charge in [0.15, 0.2) is 9.84 Å². The fourth-order valence-electron chi connectivity index (χ4n) is 0.889. The first-order valence-corrected chi connectivity index (χ1v) is 6.09. The van der Waals surface area contributed by atoms with E-state index in [4.69, 9.17) is 5.11 Å². The van der Waals surface area contributed by atoms with Gasteiger partial charge in [-0.1, -0.05) is 0 Å². The summed E-state index contributed by atoms with van der Waals surface area (Å²) in [5, 5.41) is 8.83. The first-order chi connectivity index (χ1) is 5.95. The summed E-state index contributed by atoms with van der Waals surface area (Å²) in [4.78, 5) is 3.85. The standard InChI is InChI=1S/C7H8BrNO3S/c1-13(11,12)7-2-5(8)3-9-6(7)4-10/h2-3,10H,4H2,1H3. The number of aromatic nitrogens is 1. The monoisotopic (exact) mass is 265 g/mol. The number of hydrogen-bond donors (Lipinski definition) is 1. The average Bonchev–Trinajstić information content (AvgIpc) is 2.03. The third-order valence-corrected chi connectivity index (χ3v) is 3.03. The van der Waals surface area contributed by atoms with E-state index in [1.165, 1.54) is 12.3 Å². The number of nitrogens with zero attached hydrogens (tertiary/aromatic N) is 1. The zero-order valence-electron chi connectivity index (χ0n) is 6.86. The fourth-order valence-corrected chi connectivity index (χ4v) is 2.26. The van der Waals surface area contributed by atoms with Crippen molar-refractivity contribution in [2.24, 2.45) is 0 Å². The van der Waals surface area contributed by atoms with Crippen LogP contribution in [0.2, 0.25) is 0 Å². The van der Waals surface area contributed by atoms with Crippen LogP contribution < -0.4 is 0 Å². The molecular weight excluding hydrogens is 258 g/mol. The second-order valence-electron chi connectivity index (χ2n) is 2.53. The number of pyridine rings is 1. The third-order valence-electron chi connectivity index (χ3n) is 1.45. The Morgan fingerprint density at radius 2 is 2.23 bits per heavy atom. The molecule has 0 spiro atoms. The maximum atomic E-state index is 11.2. The minimum atomic E-state index is -3.32. The van der Waals surface area contributed by atoms with Gasteiger partial charge in [0.05, 0.1) is 17.2 Å². The molecule has 1 heterocycles. The summed E-state index contributed by atoms with van der Waals surface area (Å²) in [6.07, 6.45) is 2.52. The van der Waals surface area contributed by atoms with Gasteiger partial charge in [-0.25, -0.2) is 8.42 Å². The minimum absolute atomic E-state index is 0.0596. The van der Waals surface area contributed by atoms with Gasteiger partial charge in [0, 0.05) is 16.9 Å². The molecule has 1 aromatic heterocycles. The quantitative estimate of drug-likeness (QED) is 0.857. The van der Waals surface area contributed by atoms with Crippen molar-refractivity contribution in [1.82, 2.24) is 4.98 Å². The summed E-state index contributed by atoms with van der Waals surface area (Å²) in [6.45, 7) is -0.379. The van der Waals surface area contributed by atoms with E-state index in [-0.39, 0.29) is 17.2 Å². The predicted octanol–water partition coefficient (Wildman–Crippen LogP) is 0.740. The van der Waals surface area contributed by atoms with Gasteiger partial charge in [-0.3, -0.25) is 4.98 Å². The third kappa shape index (κ3) is 2.49. The highest BCUT2D eigenvalue weighted by molar-refractivity contribution is 9.10. The zero-order valence-corrected chi connectivity index (χ0v) is 9.26. The lowest BCUT2D eigenvalue weighted by Gasteiger charge is -2.03. The molecule has 0 aliphatic carbocycles. The van der Waals surface area contributed by atoms with Crippen LogP contribution in [0.4, 0.5) is 0 Å². The second-order valence-corrected chi connectivity index (χ2v) is 5.43. The van der Waals surface area contributed by atoms with E-state index in [0.717, 1.165) is 6.26 Å². The van der Waals surface area contributed by atoms with Crippen molar-refractivity contribution in [2.45, 2.75) is 11.5 Å². The first kappa shape index (κ1) is 10.6. The van der Waals surface area contributed by atoms with Crippen LogP contribution in [-0.4, -0.2) is 24.8 Å². The molecule has 0 unspecified atom stereocenters. The van der Waals surface area contributed by atoms with Crippen LogP contribution in [-0.2, 0) is 16.4 Å².